The first-order chi connectivity index (χ1) is 43.0. The fourth-order valence-corrected chi connectivity index (χ4v) is 10.4. The summed E-state index contributed by atoms with van der Waals surface area (Å²) in [6, 6.07) is 0. The maximum atomic E-state index is 12.9. The Morgan fingerprint density at radius 1 is 0.364 bits per heavy atom. The van der Waals surface area contributed by atoms with Crippen molar-refractivity contribution in [2.24, 2.45) is 0 Å². The zero-order chi connectivity index (χ0) is 64.1. The summed E-state index contributed by atoms with van der Waals surface area (Å²) < 4.78 is 34.7. The van der Waals surface area contributed by atoms with Crippen molar-refractivity contribution < 1.29 is 42.1 Å². The molecule has 2 atom stereocenters. The van der Waals surface area contributed by atoms with Crippen molar-refractivity contribution >= 4 is 19.8 Å². The van der Waals surface area contributed by atoms with Gasteiger partial charge in [-0.1, -0.05) is 302 Å². The van der Waals surface area contributed by atoms with Crippen molar-refractivity contribution in [2.75, 3.05) is 47.5 Å². The molecule has 0 aromatic carbocycles. The summed E-state index contributed by atoms with van der Waals surface area (Å²) in [6.45, 7) is 4.32. The second-order valence-electron chi connectivity index (χ2n) is 24.9. The highest BCUT2D eigenvalue weighted by molar-refractivity contribution is 7.47. The molecule has 0 aliphatic heterocycles. The molecule has 0 bridgehead atoms. The molecular weight excluding hydrogens is 1110 g/mol. The highest BCUT2D eigenvalue weighted by atomic mass is 31.2. The molecule has 0 aromatic heterocycles. The molecule has 0 rings (SSSR count). The molecule has 0 saturated carbocycles. The number of carbonyl (C=O) groups is 2. The number of ether oxygens (including phenoxy) is 2. The van der Waals surface area contributed by atoms with Crippen LogP contribution in [-0.2, 0) is 32.7 Å². The Morgan fingerprint density at radius 2 is 0.648 bits per heavy atom. The van der Waals surface area contributed by atoms with Gasteiger partial charge in [-0.15, -0.1) is 0 Å². The number of nitrogens with zero attached hydrogens (tertiary/aromatic N) is 1. The molecule has 0 aliphatic rings. The van der Waals surface area contributed by atoms with E-state index in [1.165, 1.54) is 154 Å². The molecule has 0 aromatic rings. The van der Waals surface area contributed by atoms with E-state index in [4.69, 9.17) is 18.5 Å². The summed E-state index contributed by atoms with van der Waals surface area (Å²) in [5.74, 6) is -0.803. The monoisotopic (exact) mass is 1240 g/mol. The maximum Gasteiger partial charge on any atom is 0.472 e. The number of rotatable bonds is 65. The maximum absolute atomic E-state index is 12.9. The topological polar surface area (TPSA) is 108 Å². The van der Waals surface area contributed by atoms with Gasteiger partial charge in [0.25, 0.3) is 0 Å². The van der Waals surface area contributed by atoms with Crippen molar-refractivity contribution in [1.82, 2.24) is 0 Å². The zero-order valence-electron chi connectivity index (χ0n) is 57.4. The number of hydrogen-bond acceptors (Lipinski definition) is 7. The van der Waals surface area contributed by atoms with Gasteiger partial charge in [0.15, 0.2) is 6.10 Å². The van der Waals surface area contributed by atoms with Crippen molar-refractivity contribution in [1.29, 1.82) is 0 Å². The zero-order valence-corrected chi connectivity index (χ0v) is 58.3. The van der Waals surface area contributed by atoms with Crippen LogP contribution in [0.25, 0.3) is 0 Å². The molecule has 0 saturated heterocycles. The minimum Gasteiger partial charge on any atom is -0.462 e. The molecule has 10 heteroatoms. The van der Waals surface area contributed by atoms with Gasteiger partial charge in [0.2, 0.25) is 0 Å². The van der Waals surface area contributed by atoms with Crippen LogP contribution in [0.15, 0.2) is 134 Å². The van der Waals surface area contributed by atoms with Gasteiger partial charge in [0.1, 0.15) is 19.8 Å². The first-order valence-corrected chi connectivity index (χ1v) is 37.4. The van der Waals surface area contributed by atoms with Crippen molar-refractivity contribution in [2.45, 2.75) is 302 Å². The van der Waals surface area contributed by atoms with Gasteiger partial charge < -0.3 is 18.9 Å². The van der Waals surface area contributed by atoms with Crippen LogP contribution in [0.3, 0.4) is 0 Å². The second-order valence-corrected chi connectivity index (χ2v) is 26.3. The minimum absolute atomic E-state index is 0.0253. The number of hydrogen-bond donors (Lipinski definition) is 1. The third-order valence-corrected chi connectivity index (χ3v) is 16.1. The summed E-state index contributed by atoms with van der Waals surface area (Å²) in [4.78, 5) is 35.9. The standard InChI is InChI=1S/C78H134NO8P/c1-6-8-10-12-14-16-18-20-22-24-26-28-30-32-34-36-37-38-39-40-41-43-45-47-49-51-53-55-57-59-61-63-65-67-69-71-78(81)87-76(75-86-88(82,83)85-73-72-79(3,4)5)74-84-77(80)70-68-66-64-62-60-58-56-54-52-50-48-46-44-42-35-33-31-29-27-25-23-21-19-17-15-13-11-9-7-2/h8,10,14,16,19-22,25-28,31-34,37-38,40-41,45,47,76H,6-7,9,11-13,15,17-18,23-24,29-30,35-36,39,42-44,46,48-75H2,1-5H3/p+1/b10-8-,16-14-,21-19-,22-20-,27-25-,28-26-,33-31-,34-32-,38-37-,41-40-,47-45-. The molecule has 0 spiro atoms. The smallest absolute Gasteiger partial charge is 0.462 e. The van der Waals surface area contributed by atoms with Crippen LogP contribution in [0.4, 0.5) is 0 Å². The number of quaternary nitrogens is 1. The van der Waals surface area contributed by atoms with E-state index in [1.807, 2.05) is 21.1 Å². The van der Waals surface area contributed by atoms with Crippen LogP contribution in [0, 0.1) is 0 Å². The van der Waals surface area contributed by atoms with Gasteiger partial charge in [-0.25, -0.2) is 4.57 Å². The van der Waals surface area contributed by atoms with Crippen molar-refractivity contribution in [3.63, 3.8) is 0 Å². The lowest BCUT2D eigenvalue weighted by atomic mass is 10.0. The lowest BCUT2D eigenvalue weighted by Gasteiger charge is -2.24. The van der Waals surface area contributed by atoms with Gasteiger partial charge in [0, 0.05) is 12.8 Å². The predicted octanol–water partition coefficient (Wildman–Crippen LogP) is 23.6. The van der Waals surface area contributed by atoms with Crippen LogP contribution in [-0.4, -0.2) is 74.9 Å². The van der Waals surface area contributed by atoms with Gasteiger partial charge in [-0.2, -0.15) is 0 Å². The molecule has 9 nitrogen and oxygen atoms in total. The van der Waals surface area contributed by atoms with E-state index >= 15 is 0 Å². The molecule has 0 radical (unpaired) electrons. The van der Waals surface area contributed by atoms with Crippen LogP contribution < -0.4 is 0 Å². The van der Waals surface area contributed by atoms with Crippen molar-refractivity contribution in [3.8, 4) is 0 Å². The number of phosphoric ester groups is 1. The molecule has 0 aliphatic carbocycles. The van der Waals surface area contributed by atoms with Gasteiger partial charge >= 0.3 is 19.8 Å². The van der Waals surface area contributed by atoms with Gasteiger partial charge in [0.05, 0.1) is 27.7 Å². The van der Waals surface area contributed by atoms with Crippen LogP contribution >= 0.6 is 7.82 Å². The Hall–Kier alpha value is -3.85. The summed E-state index contributed by atoms with van der Waals surface area (Å²) in [7, 11) is 1.47. The molecule has 504 valence electrons. The average Bonchev–Trinajstić information content (AvgIpc) is 3.57. The highest BCUT2D eigenvalue weighted by Crippen LogP contribution is 2.43. The Labute approximate surface area is 542 Å². The van der Waals surface area contributed by atoms with Crippen LogP contribution in [0.1, 0.15) is 296 Å². The molecule has 1 N–H and O–H groups in total. The second kappa shape index (κ2) is 67.5. The number of unbranched alkanes of at least 4 members (excludes halogenated alkanes) is 29. The first-order valence-electron chi connectivity index (χ1n) is 35.9. The normalized spacial score (nSPS) is 13.9. The largest absolute Gasteiger partial charge is 0.472 e. The molecule has 0 amide bonds. The number of allylic oxidation sites excluding steroid dienone is 22. The summed E-state index contributed by atoms with van der Waals surface area (Å²) in [5.41, 5.74) is 0. The number of likely N-dealkylation sites (N-methyl/N-ethyl adjacent to an activating group) is 1. The Morgan fingerprint density at radius 3 is 0.966 bits per heavy atom. The van der Waals surface area contributed by atoms with E-state index in [0.717, 1.165) is 109 Å². The van der Waals surface area contributed by atoms with Gasteiger partial charge in [-0.3, -0.25) is 18.6 Å². The highest BCUT2D eigenvalue weighted by Gasteiger charge is 2.27. The fraction of sp³-hybridized carbons (Fsp3) is 0.692. The third kappa shape index (κ3) is 71.2. The van der Waals surface area contributed by atoms with Gasteiger partial charge in [-0.05, 0) is 116 Å². The molecule has 0 heterocycles. The van der Waals surface area contributed by atoms with Crippen molar-refractivity contribution in [3.05, 3.63) is 134 Å². The predicted molar refractivity (Wildman–Crippen MR) is 381 cm³/mol. The van der Waals surface area contributed by atoms with E-state index in [0.29, 0.717) is 17.4 Å². The van der Waals surface area contributed by atoms with E-state index in [9.17, 15) is 19.0 Å². The Kier molecular flexibility index (Phi) is 64.6. The Bertz CT molecular complexity index is 1950. The van der Waals surface area contributed by atoms with E-state index < -0.39 is 26.5 Å². The first kappa shape index (κ1) is 84.2. The number of phosphoric acid groups is 1. The number of carbonyl (C=O) groups excluding carboxylic acids is 2. The SMILES string of the molecule is CC/C=C\C/C=C\C/C=C\C/C=C\C/C=C\C/C=C\C/C=C\C/C=C\CCCCCCCCCCCCC(=O)OC(COC(=O)CCCCCCCCCCCCCCCC/C=C\C/C=C\C/C=C\CCCCCCC)COP(=O)(O)OCC[N+](C)(C)C. The molecular formula is C78H135NO8P+. The molecule has 88 heavy (non-hydrogen) atoms. The minimum atomic E-state index is -4.40. The van der Waals surface area contributed by atoms with E-state index in [1.54, 1.807) is 0 Å². The van der Waals surface area contributed by atoms with Crippen LogP contribution in [0.5, 0.6) is 0 Å². The lowest BCUT2D eigenvalue weighted by Crippen LogP contribution is -2.37. The average molecular weight is 1250 g/mol. The molecule has 0 fully saturated rings. The number of esters is 2. The quantitative estimate of drug-likeness (QED) is 0.0211. The third-order valence-electron chi connectivity index (χ3n) is 15.2. The fourth-order valence-electron chi connectivity index (χ4n) is 9.69. The van der Waals surface area contributed by atoms with E-state index in [-0.39, 0.29) is 32.0 Å². The Balaban J connectivity index is 4.09. The summed E-state index contributed by atoms with van der Waals surface area (Å²) in [6.07, 6.45) is 98.3. The van der Waals surface area contributed by atoms with Crippen LogP contribution in [0.2, 0.25) is 0 Å². The summed E-state index contributed by atoms with van der Waals surface area (Å²) in [5, 5.41) is 0. The van der Waals surface area contributed by atoms with E-state index in [2.05, 4.69) is 148 Å². The summed E-state index contributed by atoms with van der Waals surface area (Å²) >= 11 is 0. The lowest BCUT2D eigenvalue weighted by molar-refractivity contribution is -0.870. The molecule has 2 unspecified atom stereocenters.